The van der Waals surface area contributed by atoms with E-state index >= 15 is 0 Å². The lowest BCUT2D eigenvalue weighted by atomic mass is 10.2. The van der Waals surface area contributed by atoms with Crippen molar-refractivity contribution in [3.05, 3.63) is 41.6 Å². The number of nitrogens with one attached hydrogen (secondary N) is 1. The Bertz CT molecular complexity index is 311. The van der Waals surface area contributed by atoms with E-state index in [2.05, 4.69) is 5.32 Å². The molecule has 2 nitrogen and oxygen atoms in total. The zero-order valence-corrected chi connectivity index (χ0v) is 7.87. The monoisotopic (exact) mass is 175 g/mol. The first-order valence-electron chi connectivity index (χ1n) is 4.18. The summed E-state index contributed by atoms with van der Waals surface area (Å²) in [5.41, 5.74) is 3.07. The SMILES string of the molecule is C/C(=C\C=O)Nc1ccc(C)cc1. The van der Waals surface area contributed by atoms with Crippen molar-refractivity contribution in [3.8, 4) is 0 Å². The van der Waals surface area contributed by atoms with Gasteiger partial charge in [0.2, 0.25) is 0 Å². The zero-order valence-electron chi connectivity index (χ0n) is 7.87. The Morgan fingerprint density at radius 2 is 1.92 bits per heavy atom. The smallest absolute Gasteiger partial charge is 0.144 e. The van der Waals surface area contributed by atoms with Gasteiger partial charge in [0.15, 0.2) is 0 Å². The highest BCUT2D eigenvalue weighted by atomic mass is 16.1. The molecule has 0 atom stereocenters. The van der Waals surface area contributed by atoms with Crippen LogP contribution in [0.15, 0.2) is 36.0 Å². The topological polar surface area (TPSA) is 29.1 Å². The molecule has 1 aromatic carbocycles. The molecule has 68 valence electrons. The Labute approximate surface area is 78.3 Å². The number of aldehydes is 1. The van der Waals surface area contributed by atoms with Gasteiger partial charge in [0.1, 0.15) is 6.29 Å². The first-order chi connectivity index (χ1) is 6.22. The van der Waals surface area contributed by atoms with E-state index in [0.717, 1.165) is 17.7 Å². The van der Waals surface area contributed by atoms with E-state index in [-0.39, 0.29) is 0 Å². The highest BCUT2D eigenvalue weighted by Gasteiger charge is 1.91. The summed E-state index contributed by atoms with van der Waals surface area (Å²) in [5, 5.41) is 3.10. The van der Waals surface area contributed by atoms with Crippen LogP contribution in [0.2, 0.25) is 0 Å². The maximum Gasteiger partial charge on any atom is 0.144 e. The van der Waals surface area contributed by atoms with Gasteiger partial charge >= 0.3 is 0 Å². The quantitative estimate of drug-likeness (QED) is 0.565. The van der Waals surface area contributed by atoms with Gasteiger partial charge in [0.25, 0.3) is 0 Å². The molecule has 0 unspecified atom stereocenters. The van der Waals surface area contributed by atoms with Crippen LogP contribution in [0.1, 0.15) is 12.5 Å². The van der Waals surface area contributed by atoms with Crippen LogP contribution < -0.4 is 5.32 Å². The summed E-state index contributed by atoms with van der Waals surface area (Å²) in [5.74, 6) is 0. The Morgan fingerprint density at radius 3 is 2.46 bits per heavy atom. The number of carbonyl (C=O) groups excluding carboxylic acids is 1. The normalized spacial score (nSPS) is 11.1. The Balaban J connectivity index is 2.69. The fourth-order valence-corrected chi connectivity index (χ4v) is 1.01. The molecule has 0 saturated heterocycles. The number of anilines is 1. The molecule has 0 aliphatic carbocycles. The van der Waals surface area contributed by atoms with Crippen LogP contribution in [0.25, 0.3) is 0 Å². The molecule has 1 aromatic rings. The van der Waals surface area contributed by atoms with Gasteiger partial charge in [-0.3, -0.25) is 4.79 Å². The third-order valence-corrected chi connectivity index (χ3v) is 1.71. The number of rotatable bonds is 3. The molecule has 2 heteroatoms. The van der Waals surface area contributed by atoms with Crippen molar-refractivity contribution < 1.29 is 4.79 Å². The van der Waals surface area contributed by atoms with Gasteiger partial charge < -0.3 is 5.32 Å². The van der Waals surface area contributed by atoms with Gasteiger partial charge in [-0.1, -0.05) is 17.7 Å². The Hall–Kier alpha value is -1.57. The van der Waals surface area contributed by atoms with Crippen LogP contribution in [-0.4, -0.2) is 6.29 Å². The number of hydrogen-bond acceptors (Lipinski definition) is 2. The van der Waals surface area contributed by atoms with E-state index in [1.807, 2.05) is 38.1 Å². The Kier molecular flexibility index (Phi) is 3.26. The highest BCUT2D eigenvalue weighted by Crippen LogP contribution is 2.10. The van der Waals surface area contributed by atoms with Crippen LogP contribution in [-0.2, 0) is 4.79 Å². The van der Waals surface area contributed by atoms with Crippen molar-refractivity contribution in [3.63, 3.8) is 0 Å². The van der Waals surface area contributed by atoms with Crippen molar-refractivity contribution in [1.29, 1.82) is 0 Å². The predicted octanol–water partition coefficient (Wildman–Crippen LogP) is 2.51. The van der Waals surface area contributed by atoms with Crippen LogP contribution in [0, 0.1) is 6.92 Å². The molecule has 0 radical (unpaired) electrons. The van der Waals surface area contributed by atoms with Crippen LogP contribution in [0.5, 0.6) is 0 Å². The maximum absolute atomic E-state index is 10.1. The number of benzene rings is 1. The summed E-state index contributed by atoms with van der Waals surface area (Å²) in [6, 6.07) is 8.02. The third kappa shape index (κ3) is 3.11. The fraction of sp³-hybridized carbons (Fsp3) is 0.182. The molecule has 13 heavy (non-hydrogen) atoms. The van der Waals surface area contributed by atoms with Crippen LogP contribution in [0.4, 0.5) is 5.69 Å². The molecule has 1 rings (SSSR count). The second-order valence-electron chi connectivity index (χ2n) is 2.98. The molecule has 0 aliphatic rings. The fourth-order valence-electron chi connectivity index (χ4n) is 1.01. The van der Waals surface area contributed by atoms with Gasteiger partial charge in [-0.25, -0.2) is 0 Å². The molecule has 0 aliphatic heterocycles. The number of allylic oxidation sites excluding steroid dienone is 2. The molecule has 0 fully saturated rings. The van der Waals surface area contributed by atoms with E-state index in [1.165, 1.54) is 11.6 Å². The second kappa shape index (κ2) is 4.45. The van der Waals surface area contributed by atoms with Gasteiger partial charge in [-0.2, -0.15) is 0 Å². The predicted molar refractivity (Wildman–Crippen MR) is 54.6 cm³/mol. The van der Waals surface area contributed by atoms with Crippen molar-refractivity contribution in [2.45, 2.75) is 13.8 Å². The largest absolute Gasteiger partial charge is 0.359 e. The molecule has 1 N–H and O–H groups in total. The lowest BCUT2D eigenvalue weighted by molar-refractivity contribution is -0.104. The highest BCUT2D eigenvalue weighted by molar-refractivity contribution is 5.67. The first kappa shape index (κ1) is 9.52. The van der Waals surface area contributed by atoms with E-state index in [0.29, 0.717) is 0 Å². The average molecular weight is 175 g/mol. The minimum absolute atomic E-state index is 0.774. The molecular weight excluding hydrogens is 162 g/mol. The Morgan fingerprint density at radius 1 is 1.31 bits per heavy atom. The summed E-state index contributed by atoms with van der Waals surface area (Å²) >= 11 is 0. The third-order valence-electron chi connectivity index (χ3n) is 1.71. The second-order valence-corrected chi connectivity index (χ2v) is 2.98. The first-order valence-corrected chi connectivity index (χ1v) is 4.18. The molecule has 0 heterocycles. The molecule has 0 amide bonds. The van der Waals surface area contributed by atoms with Crippen molar-refractivity contribution in [2.75, 3.05) is 5.32 Å². The summed E-state index contributed by atoms with van der Waals surface area (Å²) in [6.45, 7) is 3.89. The standard InChI is InChI=1S/C11H13NO/c1-9-3-5-11(6-4-9)12-10(2)7-8-13/h3-8,12H,1-2H3/b10-7+. The lowest BCUT2D eigenvalue weighted by Gasteiger charge is -2.05. The number of hydrogen-bond donors (Lipinski definition) is 1. The zero-order chi connectivity index (χ0) is 9.68. The van der Waals surface area contributed by atoms with E-state index in [1.54, 1.807) is 0 Å². The van der Waals surface area contributed by atoms with E-state index in [4.69, 9.17) is 0 Å². The van der Waals surface area contributed by atoms with Crippen molar-refractivity contribution in [1.82, 2.24) is 0 Å². The minimum Gasteiger partial charge on any atom is -0.359 e. The number of aryl methyl sites for hydroxylation is 1. The van der Waals surface area contributed by atoms with Crippen LogP contribution in [0.3, 0.4) is 0 Å². The molecular formula is C11H13NO. The minimum atomic E-state index is 0.774. The average Bonchev–Trinajstić information content (AvgIpc) is 2.09. The van der Waals surface area contributed by atoms with E-state index < -0.39 is 0 Å². The van der Waals surface area contributed by atoms with Gasteiger partial charge in [-0.05, 0) is 32.1 Å². The van der Waals surface area contributed by atoms with Crippen molar-refractivity contribution in [2.24, 2.45) is 0 Å². The van der Waals surface area contributed by atoms with E-state index in [9.17, 15) is 4.79 Å². The van der Waals surface area contributed by atoms with Crippen molar-refractivity contribution >= 4 is 12.0 Å². The van der Waals surface area contributed by atoms with Gasteiger partial charge in [-0.15, -0.1) is 0 Å². The number of carbonyl (C=O) groups is 1. The van der Waals surface area contributed by atoms with Gasteiger partial charge in [0.05, 0.1) is 0 Å². The molecule has 0 spiro atoms. The molecule has 0 bridgehead atoms. The summed E-state index contributed by atoms with van der Waals surface area (Å²) in [6.07, 6.45) is 2.27. The van der Waals surface area contributed by atoms with Gasteiger partial charge in [0, 0.05) is 11.4 Å². The molecule has 0 aromatic heterocycles. The lowest BCUT2D eigenvalue weighted by Crippen LogP contribution is -1.95. The maximum atomic E-state index is 10.1. The van der Waals surface area contributed by atoms with Crippen LogP contribution >= 0.6 is 0 Å². The summed E-state index contributed by atoms with van der Waals surface area (Å²) < 4.78 is 0. The summed E-state index contributed by atoms with van der Waals surface area (Å²) in [4.78, 5) is 10.1. The molecule has 0 saturated carbocycles. The summed E-state index contributed by atoms with van der Waals surface area (Å²) in [7, 11) is 0.